The lowest BCUT2D eigenvalue weighted by molar-refractivity contribution is -0.118. The van der Waals surface area contributed by atoms with E-state index < -0.39 is 10.0 Å². The standard InChI is InChI=1S/C19H20ClN3O4S2/c1-2-3-8-22-29(25,26)15-5-6-17(16(20)10-15)27-12-19(24)23-14-4-7-18-13(9-14)11-21-28-18/h4-7,9-11,22H,2-3,8,12H2,1H3,(H,23,24). The van der Waals surface area contributed by atoms with Gasteiger partial charge in [0.2, 0.25) is 10.0 Å². The lowest BCUT2D eigenvalue weighted by Gasteiger charge is -2.11. The highest BCUT2D eigenvalue weighted by Crippen LogP contribution is 2.27. The van der Waals surface area contributed by atoms with E-state index in [9.17, 15) is 13.2 Å². The minimum atomic E-state index is -3.63. The van der Waals surface area contributed by atoms with Crippen LogP contribution in [0.25, 0.3) is 10.1 Å². The molecular formula is C19H20ClN3O4S2. The predicted molar refractivity (Wildman–Crippen MR) is 115 cm³/mol. The van der Waals surface area contributed by atoms with Crippen LogP contribution in [-0.4, -0.2) is 31.9 Å². The highest BCUT2D eigenvalue weighted by molar-refractivity contribution is 7.89. The molecule has 0 atom stereocenters. The van der Waals surface area contributed by atoms with Gasteiger partial charge in [-0.3, -0.25) is 4.79 Å². The fraction of sp³-hybridized carbons (Fsp3) is 0.263. The van der Waals surface area contributed by atoms with Gasteiger partial charge in [0, 0.05) is 23.8 Å². The van der Waals surface area contributed by atoms with Gasteiger partial charge in [-0.2, -0.15) is 4.37 Å². The monoisotopic (exact) mass is 453 g/mol. The molecule has 1 amide bonds. The van der Waals surface area contributed by atoms with Crippen molar-refractivity contribution in [1.29, 1.82) is 0 Å². The largest absolute Gasteiger partial charge is 0.482 e. The second-order valence-corrected chi connectivity index (χ2v) is 9.27. The summed E-state index contributed by atoms with van der Waals surface area (Å²) in [6, 6.07) is 9.64. The smallest absolute Gasteiger partial charge is 0.262 e. The molecule has 3 rings (SSSR count). The second kappa shape index (κ2) is 9.53. The number of benzene rings is 2. The summed E-state index contributed by atoms with van der Waals surface area (Å²) in [5.74, 6) is -0.131. The van der Waals surface area contributed by atoms with Crippen LogP contribution in [0.4, 0.5) is 5.69 Å². The van der Waals surface area contributed by atoms with Crippen molar-refractivity contribution in [3.8, 4) is 5.75 Å². The second-order valence-electron chi connectivity index (χ2n) is 6.26. The summed E-state index contributed by atoms with van der Waals surface area (Å²) in [6.07, 6.45) is 3.37. The first kappa shape index (κ1) is 21.5. The fourth-order valence-corrected chi connectivity index (χ4v) is 4.55. The molecule has 0 radical (unpaired) electrons. The number of ether oxygens (including phenoxy) is 1. The number of amides is 1. The number of nitrogens with zero attached hydrogens (tertiary/aromatic N) is 1. The number of rotatable bonds is 9. The van der Waals surface area contributed by atoms with E-state index in [1.807, 2.05) is 19.1 Å². The fourth-order valence-electron chi connectivity index (χ4n) is 2.52. The molecule has 0 saturated heterocycles. The van der Waals surface area contributed by atoms with E-state index in [1.165, 1.54) is 29.7 Å². The molecule has 0 saturated carbocycles. The van der Waals surface area contributed by atoms with Gasteiger partial charge in [0.25, 0.3) is 5.91 Å². The van der Waals surface area contributed by atoms with Gasteiger partial charge in [-0.1, -0.05) is 24.9 Å². The number of unbranched alkanes of at least 4 members (excludes halogenated alkanes) is 1. The Morgan fingerprint density at radius 1 is 1.24 bits per heavy atom. The molecule has 154 valence electrons. The third kappa shape index (κ3) is 5.66. The molecule has 2 aromatic carbocycles. The Kier molecular flexibility index (Phi) is 7.07. The SMILES string of the molecule is CCCCNS(=O)(=O)c1ccc(OCC(=O)Nc2ccc3sncc3c2)c(Cl)c1. The summed E-state index contributed by atoms with van der Waals surface area (Å²) in [7, 11) is -3.63. The van der Waals surface area contributed by atoms with Crippen LogP contribution in [0.3, 0.4) is 0 Å². The first-order chi connectivity index (χ1) is 13.9. The maximum atomic E-state index is 12.2. The van der Waals surface area contributed by atoms with Crippen molar-refractivity contribution in [2.45, 2.75) is 24.7 Å². The van der Waals surface area contributed by atoms with Crippen molar-refractivity contribution in [3.05, 3.63) is 47.6 Å². The van der Waals surface area contributed by atoms with Gasteiger partial charge in [0.15, 0.2) is 6.61 Å². The number of hydrogen-bond donors (Lipinski definition) is 2. The number of fused-ring (bicyclic) bond motifs is 1. The van der Waals surface area contributed by atoms with E-state index in [1.54, 1.807) is 12.3 Å². The Hall–Kier alpha value is -2.20. The molecule has 2 N–H and O–H groups in total. The molecule has 1 aromatic heterocycles. The van der Waals surface area contributed by atoms with Gasteiger partial charge in [-0.15, -0.1) is 0 Å². The number of carbonyl (C=O) groups is 1. The molecule has 0 aliphatic heterocycles. The lowest BCUT2D eigenvalue weighted by Crippen LogP contribution is -2.24. The molecule has 0 fully saturated rings. The summed E-state index contributed by atoms with van der Waals surface area (Å²) in [6.45, 7) is 2.08. The van der Waals surface area contributed by atoms with Crippen LogP contribution in [0.2, 0.25) is 5.02 Å². The first-order valence-electron chi connectivity index (χ1n) is 8.95. The van der Waals surface area contributed by atoms with Gasteiger partial charge in [0.05, 0.1) is 14.6 Å². The minimum Gasteiger partial charge on any atom is -0.482 e. The molecule has 7 nitrogen and oxygen atoms in total. The van der Waals surface area contributed by atoms with E-state index in [4.69, 9.17) is 16.3 Å². The van der Waals surface area contributed by atoms with Crippen LogP contribution >= 0.6 is 23.1 Å². The Bertz CT molecular complexity index is 1120. The number of sulfonamides is 1. The summed E-state index contributed by atoms with van der Waals surface area (Å²) in [5.41, 5.74) is 0.636. The lowest BCUT2D eigenvalue weighted by atomic mass is 10.2. The zero-order chi connectivity index (χ0) is 20.9. The summed E-state index contributed by atoms with van der Waals surface area (Å²) >= 11 is 7.52. The number of nitrogens with one attached hydrogen (secondary N) is 2. The molecule has 0 spiro atoms. The Morgan fingerprint density at radius 2 is 2.07 bits per heavy atom. The molecule has 29 heavy (non-hydrogen) atoms. The summed E-state index contributed by atoms with van der Waals surface area (Å²) in [4.78, 5) is 12.2. The van der Waals surface area contributed by atoms with Gasteiger partial charge >= 0.3 is 0 Å². The minimum absolute atomic E-state index is 0.0491. The van der Waals surface area contributed by atoms with Crippen molar-refractivity contribution < 1.29 is 17.9 Å². The van der Waals surface area contributed by atoms with Crippen molar-refractivity contribution in [2.75, 3.05) is 18.5 Å². The van der Waals surface area contributed by atoms with Crippen LogP contribution in [-0.2, 0) is 14.8 Å². The van der Waals surface area contributed by atoms with Crippen molar-refractivity contribution in [2.24, 2.45) is 0 Å². The third-order valence-electron chi connectivity index (χ3n) is 4.03. The van der Waals surface area contributed by atoms with Crippen LogP contribution in [0.5, 0.6) is 5.75 Å². The van der Waals surface area contributed by atoms with E-state index in [-0.39, 0.29) is 28.2 Å². The highest BCUT2D eigenvalue weighted by atomic mass is 35.5. The molecule has 3 aromatic rings. The van der Waals surface area contributed by atoms with Gasteiger partial charge in [-0.25, -0.2) is 13.1 Å². The maximum absolute atomic E-state index is 12.2. The Morgan fingerprint density at radius 3 is 2.83 bits per heavy atom. The van der Waals surface area contributed by atoms with Crippen LogP contribution in [0.1, 0.15) is 19.8 Å². The van der Waals surface area contributed by atoms with Gasteiger partial charge < -0.3 is 10.1 Å². The van der Waals surface area contributed by atoms with Gasteiger partial charge in [0.1, 0.15) is 5.75 Å². The summed E-state index contributed by atoms with van der Waals surface area (Å²) < 4.78 is 37.6. The zero-order valence-corrected chi connectivity index (χ0v) is 18.0. The highest BCUT2D eigenvalue weighted by Gasteiger charge is 2.16. The van der Waals surface area contributed by atoms with E-state index in [2.05, 4.69) is 14.4 Å². The molecule has 0 unspecified atom stereocenters. The molecule has 1 heterocycles. The van der Waals surface area contributed by atoms with Crippen LogP contribution in [0, 0.1) is 0 Å². The van der Waals surface area contributed by atoms with E-state index in [0.717, 1.165) is 22.9 Å². The molecular weight excluding hydrogens is 434 g/mol. The topological polar surface area (TPSA) is 97.4 Å². The quantitative estimate of drug-likeness (QED) is 0.476. The molecule has 10 heteroatoms. The van der Waals surface area contributed by atoms with Crippen molar-refractivity contribution in [3.63, 3.8) is 0 Å². The summed E-state index contributed by atoms with van der Waals surface area (Å²) in [5, 5.41) is 3.80. The normalized spacial score (nSPS) is 11.5. The van der Waals surface area contributed by atoms with Crippen LogP contribution < -0.4 is 14.8 Å². The van der Waals surface area contributed by atoms with Crippen molar-refractivity contribution in [1.82, 2.24) is 9.10 Å². The Labute approximate surface area is 178 Å². The first-order valence-corrected chi connectivity index (χ1v) is 11.6. The molecule has 0 aliphatic rings. The zero-order valence-electron chi connectivity index (χ0n) is 15.6. The van der Waals surface area contributed by atoms with Gasteiger partial charge in [-0.05, 0) is 54.4 Å². The third-order valence-corrected chi connectivity index (χ3v) is 6.56. The molecule has 0 aliphatic carbocycles. The number of halogens is 1. The average Bonchev–Trinajstić information content (AvgIpc) is 3.15. The number of carbonyl (C=O) groups excluding carboxylic acids is 1. The van der Waals surface area contributed by atoms with E-state index in [0.29, 0.717) is 12.2 Å². The maximum Gasteiger partial charge on any atom is 0.262 e. The predicted octanol–water partition coefficient (Wildman–Crippen LogP) is 4.05. The number of anilines is 1. The van der Waals surface area contributed by atoms with Crippen LogP contribution in [0.15, 0.2) is 47.5 Å². The number of hydrogen-bond acceptors (Lipinski definition) is 6. The molecule has 0 bridgehead atoms. The van der Waals surface area contributed by atoms with E-state index >= 15 is 0 Å². The Balaban J connectivity index is 1.59. The average molecular weight is 454 g/mol. The number of aromatic nitrogens is 1. The van der Waals surface area contributed by atoms with Crippen molar-refractivity contribution >= 4 is 54.8 Å².